The van der Waals surface area contributed by atoms with Crippen LogP contribution in [-0.4, -0.2) is 18.1 Å². The highest BCUT2D eigenvalue weighted by Crippen LogP contribution is 2.27. The first-order valence-electron chi connectivity index (χ1n) is 5.76. The van der Waals surface area contributed by atoms with E-state index in [1.54, 1.807) is 25.3 Å². The van der Waals surface area contributed by atoms with Gasteiger partial charge in [-0.05, 0) is 36.8 Å². The van der Waals surface area contributed by atoms with Gasteiger partial charge in [0.25, 0.3) is 0 Å². The Labute approximate surface area is 122 Å². The summed E-state index contributed by atoms with van der Waals surface area (Å²) in [5.74, 6) is 0.484. The highest BCUT2D eigenvalue weighted by Gasteiger charge is 2.06. The van der Waals surface area contributed by atoms with Crippen molar-refractivity contribution in [2.24, 2.45) is 0 Å². The van der Waals surface area contributed by atoms with Gasteiger partial charge in [0, 0.05) is 11.4 Å². The Morgan fingerprint density at radius 2 is 2.16 bits per heavy atom. The lowest BCUT2D eigenvalue weighted by atomic mass is 10.3. The molecule has 0 unspecified atom stereocenters. The van der Waals surface area contributed by atoms with Crippen molar-refractivity contribution in [2.75, 3.05) is 12.4 Å². The lowest BCUT2D eigenvalue weighted by Gasteiger charge is -2.14. The van der Waals surface area contributed by atoms with Crippen LogP contribution in [0.1, 0.15) is 19.8 Å². The molecule has 0 heterocycles. The molecule has 0 spiro atoms. The number of anilines is 1. The Morgan fingerprint density at radius 1 is 1.42 bits per heavy atom. The third kappa shape index (κ3) is 5.32. The van der Waals surface area contributed by atoms with E-state index in [-0.39, 0.29) is 11.0 Å². The van der Waals surface area contributed by atoms with Gasteiger partial charge in [0.2, 0.25) is 5.91 Å². The third-order valence-corrected chi connectivity index (χ3v) is 2.64. The van der Waals surface area contributed by atoms with Crippen LogP contribution >= 0.6 is 23.8 Å². The zero-order valence-electron chi connectivity index (χ0n) is 10.7. The van der Waals surface area contributed by atoms with Gasteiger partial charge in [-0.3, -0.25) is 15.6 Å². The Morgan fingerprint density at radius 3 is 2.79 bits per heavy atom. The van der Waals surface area contributed by atoms with Crippen LogP contribution in [0.2, 0.25) is 5.02 Å². The summed E-state index contributed by atoms with van der Waals surface area (Å²) in [6.07, 6.45) is 1.21. The molecule has 0 saturated carbocycles. The SMILES string of the molecule is CCCC(=O)NNC(=S)Nc1cc(Cl)ccc1OC. The number of hydrazine groups is 1. The van der Waals surface area contributed by atoms with E-state index >= 15 is 0 Å². The summed E-state index contributed by atoms with van der Waals surface area (Å²) in [6, 6.07) is 5.12. The van der Waals surface area contributed by atoms with Crippen molar-refractivity contribution in [3.8, 4) is 5.75 Å². The van der Waals surface area contributed by atoms with Crippen molar-refractivity contribution in [1.29, 1.82) is 0 Å². The molecule has 0 radical (unpaired) electrons. The topological polar surface area (TPSA) is 62.4 Å². The van der Waals surface area contributed by atoms with Crippen molar-refractivity contribution in [2.45, 2.75) is 19.8 Å². The Bertz CT molecular complexity index is 468. The molecule has 0 aromatic heterocycles. The number of thiocarbonyl (C=S) groups is 1. The maximum atomic E-state index is 11.3. The number of ether oxygens (including phenoxy) is 1. The third-order valence-electron chi connectivity index (χ3n) is 2.20. The highest BCUT2D eigenvalue weighted by molar-refractivity contribution is 7.80. The monoisotopic (exact) mass is 301 g/mol. The first-order valence-corrected chi connectivity index (χ1v) is 6.54. The molecule has 1 rings (SSSR count). The normalized spacial score (nSPS) is 9.63. The van der Waals surface area contributed by atoms with Crippen molar-refractivity contribution in [1.82, 2.24) is 10.9 Å². The molecule has 5 nitrogen and oxygen atoms in total. The Balaban J connectivity index is 2.57. The zero-order valence-corrected chi connectivity index (χ0v) is 12.3. The number of amides is 1. The summed E-state index contributed by atoms with van der Waals surface area (Å²) in [5.41, 5.74) is 5.72. The fraction of sp³-hybridized carbons (Fsp3) is 0.333. The van der Waals surface area contributed by atoms with Crippen LogP contribution in [0.3, 0.4) is 0 Å². The standard InChI is InChI=1S/C12H16ClN3O2S/c1-3-4-11(17)15-16-12(19)14-9-7-8(13)5-6-10(9)18-2/h5-7H,3-4H2,1-2H3,(H,15,17)(H2,14,16,19). The minimum Gasteiger partial charge on any atom is -0.495 e. The summed E-state index contributed by atoms with van der Waals surface area (Å²) in [6.45, 7) is 1.92. The van der Waals surface area contributed by atoms with Crippen molar-refractivity contribution >= 4 is 40.5 Å². The number of hydrogen-bond donors (Lipinski definition) is 3. The number of nitrogens with one attached hydrogen (secondary N) is 3. The number of hydrogen-bond acceptors (Lipinski definition) is 3. The van der Waals surface area contributed by atoms with E-state index < -0.39 is 0 Å². The van der Waals surface area contributed by atoms with Gasteiger partial charge >= 0.3 is 0 Å². The van der Waals surface area contributed by atoms with Gasteiger partial charge in [0.15, 0.2) is 5.11 Å². The second-order valence-corrected chi connectivity index (χ2v) is 4.57. The van der Waals surface area contributed by atoms with Crippen molar-refractivity contribution < 1.29 is 9.53 Å². The first-order chi connectivity index (χ1) is 9.06. The van der Waals surface area contributed by atoms with Crippen LogP contribution in [0.25, 0.3) is 0 Å². The van der Waals surface area contributed by atoms with E-state index in [1.165, 1.54) is 0 Å². The fourth-order valence-corrected chi connectivity index (χ4v) is 1.68. The quantitative estimate of drug-likeness (QED) is 0.589. The zero-order chi connectivity index (χ0) is 14.3. The Hall–Kier alpha value is -1.53. The predicted octanol–water partition coefficient (Wildman–Crippen LogP) is 2.47. The lowest BCUT2D eigenvalue weighted by molar-refractivity contribution is -0.121. The van der Waals surface area contributed by atoms with E-state index in [4.69, 9.17) is 28.6 Å². The predicted molar refractivity (Wildman–Crippen MR) is 80.4 cm³/mol. The van der Waals surface area contributed by atoms with Crippen LogP contribution in [-0.2, 0) is 4.79 Å². The van der Waals surface area contributed by atoms with Crippen molar-refractivity contribution in [3.05, 3.63) is 23.2 Å². The number of carbonyl (C=O) groups is 1. The van der Waals surface area contributed by atoms with Crippen LogP contribution in [0.4, 0.5) is 5.69 Å². The van der Waals surface area contributed by atoms with Gasteiger partial charge in [0.05, 0.1) is 12.8 Å². The van der Waals surface area contributed by atoms with Crippen LogP contribution in [0, 0.1) is 0 Å². The molecular weight excluding hydrogens is 286 g/mol. The van der Waals surface area contributed by atoms with E-state index in [2.05, 4.69) is 16.2 Å². The number of rotatable bonds is 4. The molecule has 104 valence electrons. The molecule has 1 aromatic carbocycles. The minimum atomic E-state index is -0.121. The summed E-state index contributed by atoms with van der Waals surface area (Å²) in [5, 5.41) is 3.71. The molecule has 19 heavy (non-hydrogen) atoms. The molecule has 0 aliphatic carbocycles. The van der Waals surface area contributed by atoms with E-state index in [0.29, 0.717) is 22.9 Å². The lowest BCUT2D eigenvalue weighted by Crippen LogP contribution is -2.43. The van der Waals surface area contributed by atoms with Gasteiger partial charge in [-0.1, -0.05) is 18.5 Å². The molecule has 0 saturated heterocycles. The number of halogens is 1. The van der Waals surface area contributed by atoms with Crippen molar-refractivity contribution in [3.63, 3.8) is 0 Å². The summed E-state index contributed by atoms with van der Waals surface area (Å²) >= 11 is 11.0. The molecule has 7 heteroatoms. The molecule has 0 atom stereocenters. The maximum Gasteiger partial charge on any atom is 0.238 e. The van der Waals surface area contributed by atoms with E-state index in [9.17, 15) is 4.79 Å². The van der Waals surface area contributed by atoms with Gasteiger partial charge in [-0.2, -0.15) is 0 Å². The van der Waals surface area contributed by atoms with Gasteiger partial charge in [-0.25, -0.2) is 0 Å². The molecular formula is C12H16ClN3O2S. The number of carbonyl (C=O) groups excluding carboxylic acids is 1. The smallest absolute Gasteiger partial charge is 0.238 e. The number of benzene rings is 1. The second kappa shape index (κ2) is 7.81. The molecule has 1 aromatic rings. The Kier molecular flexibility index (Phi) is 6.38. The average Bonchev–Trinajstić information content (AvgIpc) is 2.37. The molecule has 0 fully saturated rings. The summed E-state index contributed by atoms with van der Waals surface area (Å²) in [7, 11) is 1.55. The molecule has 1 amide bonds. The summed E-state index contributed by atoms with van der Waals surface area (Å²) in [4.78, 5) is 11.3. The minimum absolute atomic E-state index is 0.121. The van der Waals surface area contributed by atoms with E-state index in [0.717, 1.165) is 6.42 Å². The van der Waals surface area contributed by atoms with Gasteiger partial charge in [-0.15, -0.1) is 0 Å². The largest absolute Gasteiger partial charge is 0.495 e. The van der Waals surface area contributed by atoms with Crippen LogP contribution < -0.4 is 20.9 Å². The molecule has 0 aliphatic rings. The summed E-state index contributed by atoms with van der Waals surface area (Å²) < 4.78 is 5.17. The highest BCUT2D eigenvalue weighted by atomic mass is 35.5. The molecule has 0 bridgehead atoms. The molecule has 0 aliphatic heterocycles. The number of methoxy groups -OCH3 is 1. The second-order valence-electron chi connectivity index (χ2n) is 3.72. The van der Waals surface area contributed by atoms with Gasteiger partial charge in [0.1, 0.15) is 5.75 Å². The maximum absolute atomic E-state index is 11.3. The molecule has 3 N–H and O–H groups in total. The first kappa shape index (κ1) is 15.5. The fourth-order valence-electron chi connectivity index (χ4n) is 1.35. The van der Waals surface area contributed by atoms with Crippen LogP contribution in [0.15, 0.2) is 18.2 Å². The average molecular weight is 302 g/mol. The van der Waals surface area contributed by atoms with Crippen LogP contribution in [0.5, 0.6) is 5.75 Å². The van der Waals surface area contributed by atoms with E-state index in [1.807, 2.05) is 6.92 Å². The van der Waals surface area contributed by atoms with Gasteiger partial charge < -0.3 is 10.1 Å².